The minimum atomic E-state index is 0. The molecule has 0 saturated carbocycles. The normalized spacial score (nSPS) is 16.4. The molecule has 1 saturated heterocycles. The van der Waals surface area contributed by atoms with E-state index in [0.717, 1.165) is 45.7 Å². The van der Waals surface area contributed by atoms with E-state index >= 15 is 0 Å². The van der Waals surface area contributed by atoms with Gasteiger partial charge in [-0.25, -0.2) is 0 Å². The van der Waals surface area contributed by atoms with E-state index in [4.69, 9.17) is 5.73 Å². The fourth-order valence-electron chi connectivity index (χ4n) is 2.47. The molecule has 118 valence electrons. The van der Waals surface area contributed by atoms with Crippen LogP contribution in [-0.4, -0.2) is 57.2 Å². The molecule has 0 bridgehead atoms. The second kappa shape index (κ2) is 9.83. The number of para-hydroxylation sites is 1. The van der Waals surface area contributed by atoms with Crippen molar-refractivity contribution in [2.75, 3.05) is 51.2 Å². The van der Waals surface area contributed by atoms with Crippen LogP contribution in [0.25, 0.3) is 0 Å². The van der Waals surface area contributed by atoms with Crippen molar-refractivity contribution in [3.05, 3.63) is 30.3 Å². The number of anilines is 1. The number of benzene rings is 1. The maximum absolute atomic E-state index is 5.59. The first-order valence-electron chi connectivity index (χ1n) is 7.28. The standard InChI is InChI=1S/C15H25N5.HI/c1-17-15(16)18-8-5-9-19-10-12-20(13-11-19)14-6-3-2-4-7-14;/h2-4,6-7H,5,8-13H2,1H3,(H3,16,17,18);1H. The van der Waals surface area contributed by atoms with E-state index in [1.807, 2.05) is 0 Å². The number of halogens is 1. The Balaban J connectivity index is 0.00000220. The van der Waals surface area contributed by atoms with Crippen molar-refractivity contribution in [2.24, 2.45) is 10.7 Å². The summed E-state index contributed by atoms with van der Waals surface area (Å²) in [7, 11) is 1.70. The molecule has 0 spiro atoms. The highest BCUT2D eigenvalue weighted by molar-refractivity contribution is 14.0. The fraction of sp³-hybridized carbons (Fsp3) is 0.533. The molecule has 1 fully saturated rings. The first kappa shape index (κ1) is 18.0. The Labute approximate surface area is 144 Å². The summed E-state index contributed by atoms with van der Waals surface area (Å²) in [6.45, 7) is 6.49. The molecular formula is C15H26IN5. The van der Waals surface area contributed by atoms with Gasteiger partial charge in [-0.05, 0) is 25.1 Å². The molecule has 1 heterocycles. The van der Waals surface area contributed by atoms with E-state index in [0.29, 0.717) is 5.96 Å². The summed E-state index contributed by atoms with van der Waals surface area (Å²) < 4.78 is 0. The van der Waals surface area contributed by atoms with Crippen molar-refractivity contribution in [2.45, 2.75) is 6.42 Å². The third-order valence-corrected chi connectivity index (χ3v) is 3.69. The molecule has 3 N–H and O–H groups in total. The van der Waals surface area contributed by atoms with Gasteiger partial charge in [0.15, 0.2) is 5.96 Å². The molecule has 2 rings (SSSR count). The van der Waals surface area contributed by atoms with Crippen LogP contribution in [0.3, 0.4) is 0 Å². The first-order valence-corrected chi connectivity index (χ1v) is 7.28. The second-order valence-corrected chi connectivity index (χ2v) is 5.05. The molecule has 5 nitrogen and oxygen atoms in total. The second-order valence-electron chi connectivity index (χ2n) is 5.05. The smallest absolute Gasteiger partial charge is 0.188 e. The molecule has 1 aromatic rings. The molecule has 0 radical (unpaired) electrons. The lowest BCUT2D eigenvalue weighted by molar-refractivity contribution is 0.255. The van der Waals surface area contributed by atoms with E-state index < -0.39 is 0 Å². The topological polar surface area (TPSA) is 56.9 Å². The summed E-state index contributed by atoms with van der Waals surface area (Å²) in [5.74, 6) is 0.527. The lowest BCUT2D eigenvalue weighted by Crippen LogP contribution is -2.47. The average molecular weight is 403 g/mol. The SMILES string of the molecule is CN=C(N)NCCCN1CCN(c2ccccc2)CC1.I. The number of guanidine groups is 1. The molecule has 1 aliphatic rings. The van der Waals surface area contributed by atoms with Crippen molar-refractivity contribution in [3.8, 4) is 0 Å². The third-order valence-electron chi connectivity index (χ3n) is 3.69. The minimum absolute atomic E-state index is 0. The van der Waals surface area contributed by atoms with Crippen LogP contribution in [0, 0.1) is 0 Å². The zero-order chi connectivity index (χ0) is 14.2. The van der Waals surface area contributed by atoms with Crippen LogP contribution >= 0.6 is 24.0 Å². The van der Waals surface area contributed by atoms with Gasteiger partial charge in [0.25, 0.3) is 0 Å². The molecule has 6 heteroatoms. The largest absolute Gasteiger partial charge is 0.370 e. The number of nitrogens with zero attached hydrogens (tertiary/aromatic N) is 3. The summed E-state index contributed by atoms with van der Waals surface area (Å²) in [4.78, 5) is 8.85. The Morgan fingerprint density at radius 1 is 1.19 bits per heavy atom. The number of nitrogens with two attached hydrogens (primary N) is 1. The lowest BCUT2D eigenvalue weighted by atomic mass is 10.2. The summed E-state index contributed by atoms with van der Waals surface area (Å²) in [6, 6.07) is 10.6. The van der Waals surface area contributed by atoms with Crippen molar-refractivity contribution in [1.82, 2.24) is 10.2 Å². The number of rotatable bonds is 5. The van der Waals surface area contributed by atoms with E-state index in [9.17, 15) is 0 Å². The fourth-order valence-corrected chi connectivity index (χ4v) is 2.47. The molecule has 1 aromatic carbocycles. The third kappa shape index (κ3) is 6.09. The van der Waals surface area contributed by atoms with Crippen LogP contribution in [0.4, 0.5) is 5.69 Å². The van der Waals surface area contributed by atoms with Gasteiger partial charge >= 0.3 is 0 Å². The summed E-state index contributed by atoms with van der Waals surface area (Å²) in [6.07, 6.45) is 1.10. The molecule has 0 amide bonds. The van der Waals surface area contributed by atoms with Crippen molar-refractivity contribution >= 4 is 35.6 Å². The van der Waals surface area contributed by atoms with Gasteiger partial charge in [0.1, 0.15) is 0 Å². The van der Waals surface area contributed by atoms with E-state index in [1.165, 1.54) is 5.69 Å². The summed E-state index contributed by atoms with van der Waals surface area (Å²) >= 11 is 0. The van der Waals surface area contributed by atoms with Crippen molar-refractivity contribution in [1.29, 1.82) is 0 Å². The molecule has 0 aliphatic carbocycles. The number of nitrogens with one attached hydrogen (secondary N) is 1. The van der Waals surface area contributed by atoms with E-state index in [2.05, 4.69) is 50.4 Å². The highest BCUT2D eigenvalue weighted by atomic mass is 127. The van der Waals surface area contributed by atoms with Crippen molar-refractivity contribution in [3.63, 3.8) is 0 Å². The van der Waals surface area contributed by atoms with Crippen LogP contribution in [0.2, 0.25) is 0 Å². The molecule has 21 heavy (non-hydrogen) atoms. The molecule has 0 aromatic heterocycles. The number of hydrogen-bond donors (Lipinski definition) is 2. The predicted octanol–water partition coefficient (Wildman–Crippen LogP) is 1.35. The highest BCUT2D eigenvalue weighted by Gasteiger charge is 2.16. The lowest BCUT2D eigenvalue weighted by Gasteiger charge is -2.36. The van der Waals surface area contributed by atoms with Gasteiger partial charge in [-0.15, -0.1) is 24.0 Å². The van der Waals surface area contributed by atoms with Crippen molar-refractivity contribution < 1.29 is 0 Å². The summed E-state index contributed by atoms with van der Waals surface area (Å²) in [5.41, 5.74) is 6.93. The van der Waals surface area contributed by atoms with Gasteiger partial charge in [-0.1, -0.05) is 18.2 Å². The minimum Gasteiger partial charge on any atom is -0.370 e. The van der Waals surface area contributed by atoms with Gasteiger partial charge in [0.05, 0.1) is 0 Å². The quantitative estimate of drug-likeness (QED) is 0.337. The Morgan fingerprint density at radius 2 is 1.86 bits per heavy atom. The average Bonchev–Trinajstić information content (AvgIpc) is 2.52. The molecule has 0 unspecified atom stereocenters. The number of piperazine rings is 1. The Morgan fingerprint density at radius 3 is 2.48 bits per heavy atom. The van der Waals surface area contributed by atoms with Crippen LogP contribution < -0.4 is 16.0 Å². The number of aliphatic imine (C=N–C) groups is 1. The maximum atomic E-state index is 5.59. The molecule has 1 aliphatic heterocycles. The first-order chi connectivity index (χ1) is 9.79. The predicted molar refractivity (Wildman–Crippen MR) is 101 cm³/mol. The Hall–Kier alpha value is -1.02. The van der Waals surface area contributed by atoms with E-state index in [-0.39, 0.29) is 24.0 Å². The maximum Gasteiger partial charge on any atom is 0.188 e. The van der Waals surface area contributed by atoms with Gasteiger partial charge in [0.2, 0.25) is 0 Å². The van der Waals surface area contributed by atoms with Gasteiger partial charge < -0.3 is 16.0 Å². The monoisotopic (exact) mass is 403 g/mol. The zero-order valence-electron chi connectivity index (χ0n) is 12.7. The molecular weight excluding hydrogens is 377 g/mol. The Bertz CT molecular complexity index is 415. The highest BCUT2D eigenvalue weighted by Crippen LogP contribution is 2.15. The molecule has 0 atom stereocenters. The van der Waals surface area contributed by atoms with Crippen LogP contribution in [0.15, 0.2) is 35.3 Å². The van der Waals surface area contributed by atoms with Crippen LogP contribution in [0.5, 0.6) is 0 Å². The summed E-state index contributed by atoms with van der Waals surface area (Å²) in [5, 5.41) is 3.10. The van der Waals surface area contributed by atoms with Gasteiger partial charge in [-0.2, -0.15) is 0 Å². The Kier molecular flexibility index (Phi) is 8.44. The van der Waals surface area contributed by atoms with Crippen LogP contribution in [-0.2, 0) is 0 Å². The van der Waals surface area contributed by atoms with Gasteiger partial charge in [0, 0.05) is 45.5 Å². The van der Waals surface area contributed by atoms with Gasteiger partial charge in [-0.3, -0.25) is 9.89 Å². The van der Waals surface area contributed by atoms with E-state index in [1.54, 1.807) is 7.05 Å². The zero-order valence-corrected chi connectivity index (χ0v) is 15.0. The number of hydrogen-bond acceptors (Lipinski definition) is 3. The van der Waals surface area contributed by atoms with Crippen LogP contribution in [0.1, 0.15) is 6.42 Å².